The van der Waals surface area contributed by atoms with Crippen molar-refractivity contribution in [1.82, 2.24) is 4.98 Å². The predicted octanol–water partition coefficient (Wildman–Crippen LogP) is 4.24. The standard InChI is InChI=1S/C19H16N2O4/c1-24-17-8-5-14(6-9-17)18-12-16(21(22)23)7-10-19(18)25-13-15-4-2-3-11-20-15/h2-12H,13H2,1H3. The van der Waals surface area contributed by atoms with Gasteiger partial charge in [0.2, 0.25) is 0 Å². The van der Waals surface area contributed by atoms with Crippen molar-refractivity contribution >= 4 is 5.69 Å². The molecule has 0 bridgehead atoms. The summed E-state index contributed by atoms with van der Waals surface area (Å²) in [5.41, 5.74) is 2.24. The van der Waals surface area contributed by atoms with Gasteiger partial charge in [-0.3, -0.25) is 15.1 Å². The second kappa shape index (κ2) is 7.44. The summed E-state index contributed by atoms with van der Waals surface area (Å²) in [5.74, 6) is 1.27. The lowest BCUT2D eigenvalue weighted by Gasteiger charge is -2.12. The number of ether oxygens (including phenoxy) is 2. The van der Waals surface area contributed by atoms with Gasteiger partial charge in [-0.1, -0.05) is 18.2 Å². The van der Waals surface area contributed by atoms with Crippen LogP contribution < -0.4 is 9.47 Å². The van der Waals surface area contributed by atoms with Gasteiger partial charge >= 0.3 is 0 Å². The average Bonchev–Trinajstić information content (AvgIpc) is 2.67. The van der Waals surface area contributed by atoms with E-state index in [-0.39, 0.29) is 12.3 Å². The first-order valence-corrected chi connectivity index (χ1v) is 7.63. The fraction of sp³-hybridized carbons (Fsp3) is 0.105. The Kier molecular flexibility index (Phi) is 4.89. The molecule has 0 amide bonds. The zero-order chi connectivity index (χ0) is 17.6. The third kappa shape index (κ3) is 3.92. The molecular weight excluding hydrogens is 320 g/mol. The number of nitro benzene ring substituents is 1. The van der Waals surface area contributed by atoms with Crippen LogP contribution in [-0.4, -0.2) is 17.0 Å². The first kappa shape index (κ1) is 16.4. The molecule has 0 radical (unpaired) electrons. The summed E-state index contributed by atoms with van der Waals surface area (Å²) in [7, 11) is 1.59. The van der Waals surface area contributed by atoms with Crippen LogP contribution in [-0.2, 0) is 6.61 Å². The Labute approximate surface area is 144 Å². The van der Waals surface area contributed by atoms with Crippen molar-refractivity contribution in [2.45, 2.75) is 6.61 Å². The van der Waals surface area contributed by atoms with E-state index in [1.807, 2.05) is 30.3 Å². The maximum absolute atomic E-state index is 11.1. The van der Waals surface area contributed by atoms with Gasteiger partial charge in [-0.05, 0) is 35.9 Å². The lowest BCUT2D eigenvalue weighted by molar-refractivity contribution is -0.384. The van der Waals surface area contributed by atoms with E-state index in [0.717, 1.165) is 11.3 Å². The Morgan fingerprint density at radius 2 is 1.88 bits per heavy atom. The van der Waals surface area contributed by atoms with E-state index in [0.29, 0.717) is 17.1 Å². The van der Waals surface area contributed by atoms with Crippen molar-refractivity contribution in [1.29, 1.82) is 0 Å². The van der Waals surface area contributed by atoms with Crippen LogP contribution in [0.4, 0.5) is 5.69 Å². The topological polar surface area (TPSA) is 74.5 Å². The second-order valence-electron chi connectivity index (χ2n) is 5.28. The summed E-state index contributed by atoms with van der Waals surface area (Å²) in [4.78, 5) is 14.9. The highest BCUT2D eigenvalue weighted by atomic mass is 16.6. The SMILES string of the molecule is COc1ccc(-c2cc([N+](=O)[O-])ccc2OCc2ccccn2)cc1. The summed E-state index contributed by atoms with van der Waals surface area (Å²) in [6.07, 6.45) is 1.69. The van der Waals surface area contributed by atoms with E-state index in [4.69, 9.17) is 9.47 Å². The first-order valence-electron chi connectivity index (χ1n) is 7.63. The molecule has 25 heavy (non-hydrogen) atoms. The first-order chi connectivity index (χ1) is 12.2. The van der Waals surface area contributed by atoms with Gasteiger partial charge < -0.3 is 9.47 Å². The molecule has 0 aliphatic rings. The van der Waals surface area contributed by atoms with Gasteiger partial charge in [-0.15, -0.1) is 0 Å². The molecule has 0 fully saturated rings. The van der Waals surface area contributed by atoms with E-state index in [1.54, 1.807) is 31.5 Å². The van der Waals surface area contributed by atoms with Gasteiger partial charge in [0, 0.05) is 23.9 Å². The van der Waals surface area contributed by atoms with E-state index < -0.39 is 4.92 Å². The van der Waals surface area contributed by atoms with Crippen LogP contribution in [0.1, 0.15) is 5.69 Å². The highest BCUT2D eigenvalue weighted by Gasteiger charge is 2.14. The molecule has 3 aromatic rings. The summed E-state index contributed by atoms with van der Waals surface area (Å²) in [6, 6.07) is 17.4. The highest BCUT2D eigenvalue weighted by molar-refractivity contribution is 5.73. The fourth-order valence-corrected chi connectivity index (χ4v) is 2.39. The minimum absolute atomic E-state index is 0.0102. The Morgan fingerprint density at radius 1 is 1.08 bits per heavy atom. The number of nitrogens with zero attached hydrogens (tertiary/aromatic N) is 2. The molecule has 0 spiro atoms. The van der Waals surface area contributed by atoms with Crippen LogP contribution in [0, 0.1) is 10.1 Å². The van der Waals surface area contributed by atoms with E-state index in [2.05, 4.69) is 4.98 Å². The summed E-state index contributed by atoms with van der Waals surface area (Å²) in [5, 5.41) is 11.1. The predicted molar refractivity (Wildman–Crippen MR) is 93.7 cm³/mol. The number of aromatic nitrogens is 1. The molecule has 3 rings (SSSR count). The minimum atomic E-state index is -0.421. The molecule has 0 saturated heterocycles. The van der Waals surface area contributed by atoms with Crippen LogP contribution in [0.15, 0.2) is 66.9 Å². The molecule has 0 aliphatic carbocycles. The molecule has 1 aromatic heterocycles. The van der Waals surface area contributed by atoms with Crippen LogP contribution >= 0.6 is 0 Å². The van der Waals surface area contributed by atoms with E-state index in [9.17, 15) is 10.1 Å². The lowest BCUT2D eigenvalue weighted by Crippen LogP contribution is -1.99. The molecule has 0 N–H and O–H groups in total. The number of benzene rings is 2. The summed E-state index contributed by atoms with van der Waals surface area (Å²) in [6.45, 7) is 0.280. The van der Waals surface area contributed by atoms with Crippen LogP contribution in [0.25, 0.3) is 11.1 Å². The second-order valence-corrected chi connectivity index (χ2v) is 5.28. The van der Waals surface area contributed by atoms with Crippen molar-refractivity contribution in [3.8, 4) is 22.6 Å². The zero-order valence-electron chi connectivity index (χ0n) is 13.6. The Morgan fingerprint density at radius 3 is 2.52 bits per heavy atom. The number of non-ortho nitro benzene ring substituents is 1. The fourth-order valence-electron chi connectivity index (χ4n) is 2.39. The maximum atomic E-state index is 11.1. The van der Waals surface area contributed by atoms with Crippen molar-refractivity contribution < 1.29 is 14.4 Å². The number of methoxy groups -OCH3 is 1. The lowest BCUT2D eigenvalue weighted by atomic mass is 10.0. The number of hydrogen-bond acceptors (Lipinski definition) is 5. The van der Waals surface area contributed by atoms with Crippen LogP contribution in [0.2, 0.25) is 0 Å². The van der Waals surface area contributed by atoms with Crippen molar-refractivity contribution in [2.75, 3.05) is 7.11 Å². The largest absolute Gasteiger partial charge is 0.497 e. The Hall–Kier alpha value is -3.41. The minimum Gasteiger partial charge on any atom is -0.497 e. The summed E-state index contributed by atoms with van der Waals surface area (Å²) >= 11 is 0. The van der Waals surface area contributed by atoms with Gasteiger partial charge in [0.25, 0.3) is 5.69 Å². The molecular formula is C19H16N2O4. The van der Waals surface area contributed by atoms with Gasteiger partial charge in [0.05, 0.1) is 17.7 Å². The zero-order valence-corrected chi connectivity index (χ0v) is 13.6. The monoisotopic (exact) mass is 336 g/mol. The number of nitro groups is 1. The smallest absolute Gasteiger partial charge is 0.270 e. The number of pyridine rings is 1. The normalized spacial score (nSPS) is 10.3. The molecule has 0 saturated carbocycles. The Balaban J connectivity index is 1.94. The van der Waals surface area contributed by atoms with Crippen LogP contribution in [0.5, 0.6) is 11.5 Å². The van der Waals surface area contributed by atoms with Crippen LogP contribution in [0.3, 0.4) is 0 Å². The maximum Gasteiger partial charge on any atom is 0.270 e. The van der Waals surface area contributed by atoms with Crippen molar-refractivity contribution in [3.05, 3.63) is 82.7 Å². The molecule has 0 aliphatic heterocycles. The van der Waals surface area contributed by atoms with Gasteiger partial charge in [-0.25, -0.2) is 0 Å². The molecule has 6 nitrogen and oxygen atoms in total. The van der Waals surface area contributed by atoms with E-state index >= 15 is 0 Å². The van der Waals surface area contributed by atoms with Gasteiger partial charge in [0.15, 0.2) is 0 Å². The molecule has 0 unspecified atom stereocenters. The van der Waals surface area contributed by atoms with Gasteiger partial charge in [0.1, 0.15) is 18.1 Å². The molecule has 6 heteroatoms. The molecule has 126 valence electrons. The highest BCUT2D eigenvalue weighted by Crippen LogP contribution is 2.34. The summed E-state index contributed by atoms with van der Waals surface area (Å²) < 4.78 is 11.0. The van der Waals surface area contributed by atoms with Crippen molar-refractivity contribution in [2.24, 2.45) is 0 Å². The van der Waals surface area contributed by atoms with Crippen molar-refractivity contribution in [3.63, 3.8) is 0 Å². The molecule has 0 atom stereocenters. The quantitative estimate of drug-likeness (QED) is 0.497. The molecule has 1 heterocycles. The third-order valence-corrected chi connectivity index (χ3v) is 3.68. The third-order valence-electron chi connectivity index (χ3n) is 3.68. The number of hydrogen-bond donors (Lipinski definition) is 0. The number of rotatable bonds is 6. The Bertz CT molecular complexity index is 864. The van der Waals surface area contributed by atoms with E-state index in [1.165, 1.54) is 12.1 Å². The average molecular weight is 336 g/mol. The van der Waals surface area contributed by atoms with Gasteiger partial charge in [-0.2, -0.15) is 0 Å². The molecule has 2 aromatic carbocycles.